The molecule has 0 spiro atoms. The average molecular weight is 780 g/mol. The number of carbonyl (C=O) groups is 1. The van der Waals surface area contributed by atoms with Gasteiger partial charge >= 0.3 is 5.66 Å². The van der Waals surface area contributed by atoms with Crippen LogP contribution in [0.2, 0.25) is 5.04 Å². The normalized spacial score (nSPS) is 18.4. The van der Waals surface area contributed by atoms with E-state index in [9.17, 15) is 4.79 Å². The molecule has 15 heteroatoms. The van der Waals surface area contributed by atoms with Crippen molar-refractivity contribution in [2.24, 2.45) is 5.92 Å². The minimum absolute atomic E-state index is 0.0341. The highest BCUT2D eigenvalue weighted by Crippen LogP contribution is 2.67. The predicted molar refractivity (Wildman–Crippen MR) is 208 cm³/mol. The molecule has 0 saturated carbocycles. The number of imidazole rings is 1. The Bertz CT molecular complexity index is 2010. The first-order valence-corrected chi connectivity index (χ1v) is 22.1. The van der Waals surface area contributed by atoms with Gasteiger partial charge in [-0.15, -0.1) is 0 Å². The third kappa shape index (κ3) is 7.51. The fraction of sp³-hybridized carbons (Fsp3) is 0.368. The molecule has 1 aliphatic rings. The minimum atomic E-state index is -4.15. The summed E-state index contributed by atoms with van der Waals surface area (Å²) in [5, 5.41) is 4.40. The van der Waals surface area contributed by atoms with Gasteiger partial charge in [-0.05, 0) is 53.2 Å². The molecule has 3 atom stereocenters. The van der Waals surface area contributed by atoms with Crippen molar-refractivity contribution in [2.45, 2.75) is 64.1 Å². The molecule has 1 saturated heterocycles. The summed E-state index contributed by atoms with van der Waals surface area (Å²) in [6, 6.07) is 28.6. The summed E-state index contributed by atoms with van der Waals surface area (Å²) in [6.45, 7) is 5.25. The van der Waals surface area contributed by atoms with Gasteiger partial charge in [-0.2, -0.15) is 8.78 Å². The Hall–Kier alpha value is -3.75. The van der Waals surface area contributed by atoms with Crippen LogP contribution in [0.15, 0.2) is 104 Å². The summed E-state index contributed by atoms with van der Waals surface area (Å²) < 4.78 is 60.7. The van der Waals surface area contributed by atoms with Gasteiger partial charge in [-0.25, -0.2) is 15.0 Å². The van der Waals surface area contributed by atoms with Crippen LogP contribution in [0.4, 0.5) is 14.6 Å². The van der Waals surface area contributed by atoms with Crippen molar-refractivity contribution in [1.29, 1.82) is 0 Å². The third-order valence-electron chi connectivity index (χ3n) is 9.46. The highest BCUT2D eigenvalue weighted by Gasteiger charge is 2.61. The van der Waals surface area contributed by atoms with Crippen molar-refractivity contribution in [3.63, 3.8) is 0 Å². The summed E-state index contributed by atoms with van der Waals surface area (Å²) in [5.74, 6) is -1.65. The van der Waals surface area contributed by atoms with Gasteiger partial charge in [0.2, 0.25) is 0 Å². The number of anilines is 1. The Morgan fingerprint density at radius 2 is 1.49 bits per heavy atom. The molecule has 5 aromatic rings. The molecule has 0 radical (unpaired) electrons. The molecule has 0 bridgehead atoms. The number of nitrogens with zero attached hydrogens (tertiary/aromatic N) is 4. The molecule has 2 aromatic heterocycles. The monoisotopic (exact) mass is 779 g/mol. The summed E-state index contributed by atoms with van der Waals surface area (Å²) >= 11 is 5.56. The number of hydrogen-bond acceptors (Lipinski definition) is 9. The van der Waals surface area contributed by atoms with E-state index in [1.807, 2.05) is 66.7 Å². The fourth-order valence-corrected chi connectivity index (χ4v) is 14.5. The average Bonchev–Trinajstić information content (AvgIpc) is 3.78. The zero-order valence-corrected chi connectivity index (χ0v) is 33.0. The lowest BCUT2D eigenvalue weighted by Gasteiger charge is -2.44. The maximum absolute atomic E-state index is 17.1. The Balaban J connectivity index is 1.40. The van der Waals surface area contributed by atoms with Gasteiger partial charge in [-0.3, -0.25) is 9.36 Å². The SMILES string of the molecule is CCOP(=S)(OCC)C(F)(F)[C@H]1C[C@H](n2cnc3c(NC(=O)c4ccccc4)ncnc32)O[C@@H]1CO[Si](c1ccccc1)(c1ccccc1)C(C)(C)C. The van der Waals surface area contributed by atoms with Gasteiger partial charge in [0.1, 0.15) is 12.6 Å². The number of rotatable bonds is 14. The van der Waals surface area contributed by atoms with Crippen molar-refractivity contribution < 1.29 is 31.8 Å². The largest absolute Gasteiger partial charge is 0.405 e. The summed E-state index contributed by atoms with van der Waals surface area (Å²) in [6.07, 6.45) is 0.514. The molecule has 10 nitrogen and oxygen atoms in total. The van der Waals surface area contributed by atoms with Crippen LogP contribution in [0, 0.1) is 5.92 Å². The molecule has 1 amide bonds. The van der Waals surface area contributed by atoms with Crippen LogP contribution >= 0.6 is 6.49 Å². The molecule has 53 heavy (non-hydrogen) atoms. The molecule has 280 valence electrons. The van der Waals surface area contributed by atoms with Gasteiger partial charge in [0.25, 0.3) is 20.7 Å². The van der Waals surface area contributed by atoms with Crippen LogP contribution in [0.5, 0.6) is 0 Å². The number of amides is 1. The van der Waals surface area contributed by atoms with E-state index in [0.717, 1.165) is 10.4 Å². The minimum Gasteiger partial charge on any atom is -0.405 e. The van der Waals surface area contributed by atoms with Crippen molar-refractivity contribution in [1.82, 2.24) is 19.5 Å². The summed E-state index contributed by atoms with van der Waals surface area (Å²) in [7, 11) is -3.15. The van der Waals surface area contributed by atoms with Crippen molar-refractivity contribution in [2.75, 3.05) is 25.1 Å². The van der Waals surface area contributed by atoms with Gasteiger partial charge in [0.15, 0.2) is 17.0 Å². The summed E-state index contributed by atoms with van der Waals surface area (Å²) in [5.41, 5.74) is -2.57. The van der Waals surface area contributed by atoms with Gasteiger partial charge < -0.3 is 23.5 Å². The lowest BCUT2D eigenvalue weighted by molar-refractivity contribution is -0.0651. The predicted octanol–water partition coefficient (Wildman–Crippen LogP) is 7.53. The lowest BCUT2D eigenvalue weighted by atomic mass is 10.0. The van der Waals surface area contributed by atoms with Crippen molar-refractivity contribution >= 4 is 59.9 Å². The van der Waals surface area contributed by atoms with Crippen LogP contribution < -0.4 is 15.7 Å². The first-order valence-electron chi connectivity index (χ1n) is 17.6. The van der Waals surface area contributed by atoms with E-state index < -0.39 is 43.8 Å². The van der Waals surface area contributed by atoms with E-state index in [1.165, 1.54) is 12.7 Å². The standard InChI is InChI=1S/C38H44F2N5O5PSSi/c1-6-47-51(52,48-7-2)38(39,40)30-23-32(45-26-43-33-34(41-25-42-35(33)45)44-36(46)27-17-11-8-12-18-27)50-31(30)24-49-53(37(3,4)5,28-19-13-9-14-20-28)29-21-15-10-16-22-29/h8-22,25-26,30-32H,6-7,23-24H2,1-5H3,(H,41,42,44,46)/t30-,31+,32+/m0/s1. The highest BCUT2D eigenvalue weighted by atomic mass is 32.5. The molecule has 3 aromatic carbocycles. The number of benzene rings is 3. The number of ether oxygens (including phenoxy) is 1. The molecule has 3 heterocycles. The van der Waals surface area contributed by atoms with E-state index in [2.05, 4.69) is 41.0 Å². The fourth-order valence-electron chi connectivity index (χ4n) is 7.07. The van der Waals surface area contributed by atoms with Gasteiger partial charge in [0.05, 0.1) is 38.2 Å². The van der Waals surface area contributed by atoms with E-state index in [4.69, 9.17) is 30.0 Å². The van der Waals surface area contributed by atoms with E-state index >= 15 is 8.78 Å². The number of alkyl halides is 2. The molecule has 1 aliphatic heterocycles. The first-order chi connectivity index (χ1) is 25.4. The number of hydrogen-bond donors (Lipinski definition) is 1. The van der Waals surface area contributed by atoms with E-state index in [1.54, 1.807) is 42.7 Å². The van der Waals surface area contributed by atoms with Gasteiger partial charge in [0, 0.05) is 12.0 Å². The Morgan fingerprint density at radius 1 is 0.925 bits per heavy atom. The quantitative estimate of drug-likeness (QED) is 0.0904. The number of aromatic nitrogens is 4. The highest BCUT2D eigenvalue weighted by molar-refractivity contribution is 8.10. The molecule has 6 rings (SSSR count). The Morgan fingerprint density at radius 3 is 2.04 bits per heavy atom. The molecule has 0 aliphatic carbocycles. The zero-order chi connectivity index (χ0) is 37.9. The second-order valence-corrected chi connectivity index (χ2v) is 21.6. The second-order valence-electron chi connectivity index (χ2n) is 13.7. The van der Waals surface area contributed by atoms with E-state index in [-0.39, 0.29) is 43.5 Å². The lowest BCUT2D eigenvalue weighted by Crippen LogP contribution is -2.67. The maximum atomic E-state index is 17.1. The van der Waals surface area contributed by atoms with Crippen LogP contribution in [0.3, 0.4) is 0 Å². The molecule has 1 N–H and O–H groups in total. The van der Waals surface area contributed by atoms with Crippen LogP contribution in [-0.4, -0.2) is 65.3 Å². The summed E-state index contributed by atoms with van der Waals surface area (Å²) in [4.78, 5) is 26.2. The topological polar surface area (TPSA) is 110 Å². The molecular weight excluding hydrogens is 736 g/mol. The number of carbonyl (C=O) groups excluding carboxylic acids is 1. The number of nitrogens with one attached hydrogen (secondary N) is 1. The van der Waals surface area contributed by atoms with Crippen LogP contribution in [0.1, 0.15) is 57.6 Å². The number of fused-ring (bicyclic) bond motifs is 1. The Labute approximate surface area is 314 Å². The van der Waals surface area contributed by atoms with Gasteiger partial charge in [-0.1, -0.05) is 99.6 Å². The van der Waals surface area contributed by atoms with Crippen LogP contribution in [-0.2, 0) is 30.0 Å². The Kier molecular flexibility index (Phi) is 11.7. The molecule has 1 fully saturated rings. The number of halogens is 2. The van der Waals surface area contributed by atoms with E-state index in [0.29, 0.717) is 11.2 Å². The van der Waals surface area contributed by atoms with Crippen molar-refractivity contribution in [3.05, 3.63) is 109 Å². The maximum Gasteiger partial charge on any atom is 0.326 e. The third-order valence-corrected chi connectivity index (χ3v) is 18.1. The zero-order valence-electron chi connectivity index (χ0n) is 30.3. The molecule has 0 unspecified atom stereocenters. The van der Waals surface area contributed by atoms with Crippen molar-refractivity contribution in [3.8, 4) is 0 Å². The smallest absolute Gasteiger partial charge is 0.326 e. The second kappa shape index (κ2) is 15.9. The molecular formula is C38H44F2N5O5PSSi. The van der Waals surface area contributed by atoms with Crippen LogP contribution in [0.25, 0.3) is 11.2 Å². The first kappa shape index (κ1) is 39.0.